The van der Waals surface area contributed by atoms with Crippen molar-refractivity contribution in [1.82, 2.24) is 29.4 Å². The van der Waals surface area contributed by atoms with Crippen molar-refractivity contribution in [3.63, 3.8) is 0 Å². The van der Waals surface area contributed by atoms with Crippen molar-refractivity contribution in [3.8, 4) is 0 Å². The molecule has 0 rings (SSSR count). The maximum Gasteiger partial charge on any atom is 6.00 e. The van der Waals surface area contributed by atoms with Gasteiger partial charge in [-0.2, -0.15) is 0 Å². The van der Waals surface area contributed by atoms with Crippen LogP contribution < -0.4 is 0 Å². The second kappa shape index (κ2) is 52.7. The van der Waals surface area contributed by atoms with E-state index in [-0.39, 0.29) is 21.1 Å². The molecule has 0 aliphatic heterocycles. The molecule has 0 radical (unpaired) electrons. The molecular formula is C54H108MoN6S12. The molecule has 73 heavy (non-hydrogen) atoms. The molecule has 0 saturated heterocycles. The monoisotopic (exact) mass is 1320 g/mol. The van der Waals surface area contributed by atoms with E-state index in [4.69, 9.17) is 149 Å². The number of thiocarbonyl (C=S) groups is 6. The van der Waals surface area contributed by atoms with E-state index in [1.807, 2.05) is 0 Å². The molecule has 6 nitrogen and oxygen atoms in total. The quantitative estimate of drug-likeness (QED) is 0.0519. The Hall–Kier alpha value is 1.35. The molecule has 0 spiro atoms. The van der Waals surface area contributed by atoms with E-state index in [2.05, 4.69) is 196 Å². The number of rotatable bonds is 24. The van der Waals surface area contributed by atoms with Gasteiger partial charge in [-0.3, -0.25) is 0 Å². The van der Waals surface area contributed by atoms with Crippen LogP contribution >= 0.6 is 73.3 Å². The van der Waals surface area contributed by atoms with Gasteiger partial charge in [-0.1, -0.05) is 192 Å². The van der Waals surface area contributed by atoms with Crippen molar-refractivity contribution < 1.29 is 21.1 Å². The van der Waals surface area contributed by atoms with Crippen LogP contribution in [-0.4, -0.2) is 134 Å². The molecule has 0 saturated carbocycles. The first-order chi connectivity index (χ1) is 32.6. The molecule has 0 aliphatic carbocycles. The van der Waals surface area contributed by atoms with Gasteiger partial charge in [-0.25, -0.2) is 0 Å². The molecule has 0 fully saturated rings. The van der Waals surface area contributed by atoms with Crippen molar-refractivity contribution in [2.24, 2.45) is 71.0 Å². The van der Waals surface area contributed by atoms with Crippen LogP contribution in [0.5, 0.6) is 0 Å². The maximum atomic E-state index is 4.99. The van der Waals surface area contributed by atoms with E-state index >= 15 is 0 Å². The maximum absolute atomic E-state index is 4.99. The van der Waals surface area contributed by atoms with Gasteiger partial charge in [0.2, 0.25) is 0 Å². The fourth-order valence-electron chi connectivity index (χ4n) is 6.63. The standard InChI is InChI=1S/6C9H19NS2.Mo/c6*1-7(2)5-10(9(11)12)6-8(3)4;/h6*7-8H,5-6H2,1-4H3,(H,11,12);/q;;;;;;+6/p-6. The van der Waals surface area contributed by atoms with Gasteiger partial charge < -0.3 is 178 Å². The molecule has 0 N–H and O–H groups in total. The molecule has 432 valence electrons. The van der Waals surface area contributed by atoms with Crippen LogP contribution in [-0.2, 0) is 96.8 Å². The van der Waals surface area contributed by atoms with Crippen molar-refractivity contribution in [3.05, 3.63) is 0 Å². The smallest absolute Gasteiger partial charge is 0.411 e. The van der Waals surface area contributed by atoms with Crippen LogP contribution in [0.4, 0.5) is 0 Å². The average molecular weight is 1320 g/mol. The summed E-state index contributed by atoms with van der Waals surface area (Å²) in [5.74, 6) is 7.55. The SMILES string of the molecule is CC(C)CN(CC(C)C)C(=S)[S-].CC(C)CN(CC(C)C)C(=S)[S-].CC(C)CN(CC(C)C)C(=S)[S-].CC(C)CN(CC(C)C)C(=S)[S-].CC(C)CN(CC(C)C)C(=S)[S-].CC(C)CN(CC(C)C)C(=S)[S-].[Mo+6]. The van der Waals surface area contributed by atoms with Crippen LogP contribution in [0.2, 0.25) is 0 Å². The summed E-state index contributed by atoms with van der Waals surface area (Å²) in [6, 6.07) is 0. The second-order valence-corrected chi connectivity index (χ2v) is 29.9. The van der Waals surface area contributed by atoms with Crippen molar-refractivity contribution in [1.29, 1.82) is 0 Å². The zero-order valence-corrected chi connectivity index (χ0v) is 62.2. The van der Waals surface area contributed by atoms with Gasteiger partial charge in [0.1, 0.15) is 0 Å². The molecule has 0 unspecified atom stereocenters. The fourth-order valence-corrected chi connectivity index (χ4v) is 8.42. The van der Waals surface area contributed by atoms with Crippen molar-refractivity contribution in [2.45, 2.75) is 166 Å². The molecule has 0 aliphatic rings. The van der Waals surface area contributed by atoms with Gasteiger partial charge >= 0.3 is 21.1 Å². The summed E-state index contributed by atoms with van der Waals surface area (Å²) in [6.45, 7) is 64.2. The Morgan fingerprint density at radius 1 is 0.205 bits per heavy atom. The Kier molecular flexibility index (Phi) is 63.7. The normalized spacial score (nSPS) is 10.7. The van der Waals surface area contributed by atoms with Crippen LogP contribution in [0, 0.1) is 71.0 Å². The van der Waals surface area contributed by atoms with E-state index in [9.17, 15) is 0 Å². The molecule has 0 amide bonds. The molecule has 0 heterocycles. The Morgan fingerprint density at radius 2 is 0.260 bits per heavy atom. The van der Waals surface area contributed by atoms with Crippen LogP contribution in [0.3, 0.4) is 0 Å². The van der Waals surface area contributed by atoms with Gasteiger partial charge in [0, 0.05) is 78.5 Å². The molecular weight excluding hydrogens is 1210 g/mol. The summed E-state index contributed by atoms with van der Waals surface area (Å²) < 4.78 is 3.65. The minimum absolute atomic E-state index is 0. The summed E-state index contributed by atoms with van der Waals surface area (Å²) in [5.41, 5.74) is 0. The van der Waals surface area contributed by atoms with Crippen LogP contribution in [0.25, 0.3) is 0 Å². The zero-order valence-electron chi connectivity index (χ0n) is 50.4. The molecule has 19 heteroatoms. The third kappa shape index (κ3) is 69.4. The predicted octanol–water partition coefficient (Wildman–Crippen LogP) is 14.6. The van der Waals surface area contributed by atoms with E-state index < -0.39 is 0 Å². The summed E-state index contributed by atoms with van der Waals surface area (Å²) in [7, 11) is 0. The first-order valence-corrected chi connectivity index (χ1v) is 31.2. The van der Waals surface area contributed by atoms with Crippen molar-refractivity contribution >= 4 is 175 Å². The Morgan fingerprint density at radius 3 is 0.288 bits per heavy atom. The summed E-state index contributed by atoms with van der Waals surface area (Å²) in [4.78, 5) is 12.7. The third-order valence-corrected chi connectivity index (χ3v) is 11.7. The number of hydrogen-bond donors (Lipinski definition) is 0. The Bertz CT molecular complexity index is 1070. The summed E-state index contributed by atoms with van der Waals surface area (Å²) in [5, 5.41) is 0. The number of nitrogens with zero attached hydrogens (tertiary/aromatic N) is 6. The van der Waals surface area contributed by atoms with Gasteiger partial charge in [-0.15, -0.1) is 0 Å². The molecule has 0 bridgehead atoms. The van der Waals surface area contributed by atoms with E-state index in [1.165, 1.54) is 0 Å². The summed E-state index contributed by atoms with van der Waals surface area (Å²) >= 11 is 59.9. The van der Waals surface area contributed by atoms with Crippen molar-refractivity contribution in [2.75, 3.05) is 78.5 Å². The minimum Gasteiger partial charge on any atom is -0.411 e. The van der Waals surface area contributed by atoms with Gasteiger partial charge in [-0.05, 0) is 71.0 Å². The summed E-state index contributed by atoms with van der Waals surface area (Å²) in [6.07, 6.45) is 0. The molecule has 0 aromatic carbocycles. The average Bonchev–Trinajstić information content (AvgIpc) is 3.15. The predicted molar refractivity (Wildman–Crippen MR) is 367 cm³/mol. The zero-order chi connectivity index (χ0) is 58.3. The second-order valence-electron chi connectivity index (χ2n) is 23.8. The topological polar surface area (TPSA) is 19.4 Å². The number of hydrogen-bond acceptors (Lipinski definition) is 12. The van der Waals surface area contributed by atoms with Crippen LogP contribution in [0.15, 0.2) is 0 Å². The molecule has 0 aromatic heterocycles. The van der Waals surface area contributed by atoms with Gasteiger partial charge in [0.15, 0.2) is 0 Å². The van der Waals surface area contributed by atoms with Gasteiger partial charge in [0.25, 0.3) is 0 Å². The van der Waals surface area contributed by atoms with Gasteiger partial charge in [0.05, 0.1) is 0 Å². The van der Waals surface area contributed by atoms with E-state index in [0.29, 0.717) is 96.9 Å². The van der Waals surface area contributed by atoms with E-state index in [0.717, 1.165) is 78.5 Å². The molecule has 0 atom stereocenters. The first kappa shape index (κ1) is 88.2. The largest absolute Gasteiger partial charge is 6.00 e. The van der Waals surface area contributed by atoms with Crippen LogP contribution in [0.1, 0.15) is 166 Å². The minimum atomic E-state index is 0. The third-order valence-electron chi connectivity index (χ3n) is 8.58. The van der Waals surface area contributed by atoms with E-state index in [1.54, 1.807) is 0 Å². The first-order valence-electron chi connectivity index (χ1n) is 26.3. The molecule has 0 aromatic rings. The Balaban J connectivity index is -0.000000143. The fraction of sp³-hybridized carbons (Fsp3) is 0.889. The Labute approximate surface area is 535 Å².